The topological polar surface area (TPSA) is 61.9 Å². The minimum atomic E-state index is -0.201. The van der Waals surface area contributed by atoms with Crippen LogP contribution < -0.4 is 5.56 Å². The smallest absolute Gasteiger partial charge is 0.269 e. The standard InChI is InChI=1S/C29H25ClN4O2/c1-2-3-18-36-19-17-21-9-11-22(12-10-21)27-32-28-26(20-31-34(28)25-7-5-4-6-8-25)29(35)33(27)24-15-13-23(30)14-16-24/h4-17,19-20H,2-3,18H2,1H3/b19-17+. The normalized spacial score (nSPS) is 11.4. The van der Waals surface area contributed by atoms with Gasteiger partial charge in [-0.2, -0.15) is 5.10 Å². The fourth-order valence-corrected chi connectivity index (χ4v) is 4.04. The Bertz CT molecular complexity index is 1550. The Morgan fingerprint density at radius 2 is 1.69 bits per heavy atom. The van der Waals surface area contributed by atoms with Crippen LogP contribution >= 0.6 is 11.6 Å². The highest BCUT2D eigenvalue weighted by Gasteiger charge is 2.18. The number of unbranched alkanes of at least 4 members (excludes halogenated alkanes) is 1. The van der Waals surface area contributed by atoms with Crippen LogP contribution in [0.25, 0.3) is 39.9 Å². The molecule has 3 aromatic carbocycles. The van der Waals surface area contributed by atoms with Gasteiger partial charge in [0.25, 0.3) is 5.56 Å². The predicted octanol–water partition coefficient (Wildman–Crippen LogP) is 6.68. The number of rotatable bonds is 8. The second-order valence-corrected chi connectivity index (χ2v) is 8.77. The van der Waals surface area contributed by atoms with Crippen molar-refractivity contribution < 1.29 is 4.74 Å². The Hall–Kier alpha value is -4.16. The van der Waals surface area contributed by atoms with Crippen LogP contribution in [0.3, 0.4) is 0 Å². The molecule has 0 fully saturated rings. The van der Waals surface area contributed by atoms with Crippen LogP contribution in [-0.4, -0.2) is 25.9 Å². The first-order chi connectivity index (χ1) is 17.7. The number of ether oxygens (including phenoxy) is 1. The lowest BCUT2D eigenvalue weighted by Gasteiger charge is -2.14. The molecule has 2 heterocycles. The molecule has 6 nitrogen and oxygen atoms in total. The van der Waals surface area contributed by atoms with Gasteiger partial charge in [0.15, 0.2) is 5.65 Å². The molecule has 0 aliphatic carbocycles. The van der Waals surface area contributed by atoms with Gasteiger partial charge >= 0.3 is 0 Å². The van der Waals surface area contributed by atoms with Crippen LogP contribution in [0.2, 0.25) is 5.02 Å². The van der Waals surface area contributed by atoms with Gasteiger partial charge in [0.2, 0.25) is 0 Å². The number of nitrogens with zero attached hydrogens (tertiary/aromatic N) is 4. The third-order valence-corrected chi connectivity index (χ3v) is 6.08. The zero-order valence-corrected chi connectivity index (χ0v) is 20.6. The predicted molar refractivity (Wildman–Crippen MR) is 145 cm³/mol. The van der Waals surface area contributed by atoms with E-state index in [1.165, 1.54) is 0 Å². The Morgan fingerprint density at radius 1 is 0.944 bits per heavy atom. The van der Waals surface area contributed by atoms with E-state index in [-0.39, 0.29) is 5.56 Å². The molecule has 36 heavy (non-hydrogen) atoms. The summed E-state index contributed by atoms with van der Waals surface area (Å²) < 4.78 is 8.83. The van der Waals surface area contributed by atoms with Crippen molar-refractivity contribution in [3.05, 3.63) is 112 Å². The molecule has 5 rings (SSSR count). The highest BCUT2D eigenvalue weighted by Crippen LogP contribution is 2.25. The van der Waals surface area contributed by atoms with E-state index < -0.39 is 0 Å². The van der Waals surface area contributed by atoms with E-state index in [9.17, 15) is 4.79 Å². The van der Waals surface area contributed by atoms with E-state index in [4.69, 9.17) is 21.3 Å². The molecule has 0 amide bonds. The van der Waals surface area contributed by atoms with Gasteiger partial charge in [-0.3, -0.25) is 9.36 Å². The van der Waals surface area contributed by atoms with Gasteiger partial charge in [0, 0.05) is 10.6 Å². The summed E-state index contributed by atoms with van der Waals surface area (Å²) in [5.74, 6) is 0.516. The zero-order chi connectivity index (χ0) is 24.9. The number of fused-ring (bicyclic) bond motifs is 1. The highest BCUT2D eigenvalue weighted by atomic mass is 35.5. The first-order valence-electron chi connectivity index (χ1n) is 11.9. The van der Waals surface area contributed by atoms with Crippen molar-refractivity contribution in [2.45, 2.75) is 19.8 Å². The summed E-state index contributed by atoms with van der Waals surface area (Å²) >= 11 is 6.12. The quantitative estimate of drug-likeness (QED) is 0.177. The summed E-state index contributed by atoms with van der Waals surface area (Å²) in [7, 11) is 0. The molecule has 0 unspecified atom stereocenters. The van der Waals surface area contributed by atoms with Gasteiger partial charge in [0.1, 0.15) is 11.2 Å². The van der Waals surface area contributed by atoms with E-state index in [1.54, 1.807) is 33.8 Å². The van der Waals surface area contributed by atoms with Gasteiger partial charge < -0.3 is 4.74 Å². The first-order valence-corrected chi connectivity index (χ1v) is 12.2. The molecule has 0 saturated heterocycles. The Balaban J connectivity index is 1.63. The van der Waals surface area contributed by atoms with Crippen molar-refractivity contribution in [1.82, 2.24) is 19.3 Å². The molecule has 0 aliphatic heterocycles. The maximum atomic E-state index is 13.8. The second kappa shape index (κ2) is 10.6. The van der Waals surface area contributed by atoms with Crippen LogP contribution in [0.5, 0.6) is 0 Å². The summed E-state index contributed by atoms with van der Waals surface area (Å²) in [6.07, 6.45) is 7.34. The third kappa shape index (κ3) is 4.81. The van der Waals surface area contributed by atoms with Crippen molar-refractivity contribution >= 4 is 28.7 Å². The number of halogens is 1. The molecule has 0 bridgehead atoms. The molecule has 0 N–H and O–H groups in total. The number of hydrogen-bond acceptors (Lipinski definition) is 4. The average Bonchev–Trinajstić information content (AvgIpc) is 3.35. The molecule has 0 spiro atoms. The van der Waals surface area contributed by atoms with Crippen LogP contribution in [0.15, 0.2) is 96.1 Å². The average molecular weight is 497 g/mol. The molecule has 5 aromatic rings. The monoisotopic (exact) mass is 496 g/mol. The van der Waals surface area contributed by atoms with Gasteiger partial charge in [-0.1, -0.05) is 67.4 Å². The molecule has 2 aromatic heterocycles. The molecule has 0 radical (unpaired) electrons. The summed E-state index contributed by atoms with van der Waals surface area (Å²) in [6, 6.07) is 24.7. The van der Waals surface area contributed by atoms with Crippen molar-refractivity contribution in [1.29, 1.82) is 0 Å². The fraction of sp³-hybridized carbons (Fsp3) is 0.138. The Morgan fingerprint density at radius 3 is 2.42 bits per heavy atom. The second-order valence-electron chi connectivity index (χ2n) is 8.33. The SMILES string of the molecule is CCCCO/C=C/c1ccc(-c2nc3c(cnn3-c3ccccc3)c(=O)n2-c2ccc(Cl)cc2)cc1. The van der Waals surface area contributed by atoms with Crippen molar-refractivity contribution in [2.75, 3.05) is 6.61 Å². The van der Waals surface area contributed by atoms with Gasteiger partial charge in [-0.25, -0.2) is 9.67 Å². The number of benzene rings is 3. The molecule has 7 heteroatoms. The summed E-state index contributed by atoms with van der Waals surface area (Å²) in [4.78, 5) is 18.7. The van der Waals surface area contributed by atoms with E-state index in [0.717, 1.165) is 29.7 Å². The molecular weight excluding hydrogens is 472 g/mol. The lowest BCUT2D eigenvalue weighted by molar-refractivity contribution is 0.246. The van der Waals surface area contributed by atoms with Crippen LogP contribution in [0.4, 0.5) is 0 Å². The maximum Gasteiger partial charge on any atom is 0.269 e. The minimum absolute atomic E-state index is 0.201. The Kier molecular flexibility index (Phi) is 6.96. The lowest BCUT2D eigenvalue weighted by Crippen LogP contribution is -2.22. The first kappa shape index (κ1) is 23.6. The van der Waals surface area contributed by atoms with E-state index in [0.29, 0.717) is 34.2 Å². The molecule has 180 valence electrons. The summed E-state index contributed by atoms with van der Waals surface area (Å²) in [5, 5.41) is 5.50. The van der Waals surface area contributed by atoms with Gasteiger partial charge in [-0.05, 0) is 54.5 Å². The fourth-order valence-electron chi connectivity index (χ4n) is 3.91. The van der Waals surface area contributed by atoms with E-state index >= 15 is 0 Å². The van der Waals surface area contributed by atoms with Gasteiger partial charge in [0.05, 0.1) is 30.4 Å². The molecular formula is C29H25ClN4O2. The third-order valence-electron chi connectivity index (χ3n) is 5.83. The Labute approximate surface area is 214 Å². The number of aromatic nitrogens is 4. The summed E-state index contributed by atoms with van der Waals surface area (Å²) in [6.45, 7) is 2.84. The van der Waals surface area contributed by atoms with Crippen LogP contribution in [0.1, 0.15) is 25.3 Å². The van der Waals surface area contributed by atoms with Crippen molar-refractivity contribution in [2.24, 2.45) is 0 Å². The molecule has 0 aliphatic rings. The van der Waals surface area contributed by atoms with E-state index in [2.05, 4.69) is 12.0 Å². The number of para-hydroxylation sites is 1. The number of hydrogen-bond donors (Lipinski definition) is 0. The lowest BCUT2D eigenvalue weighted by atomic mass is 10.1. The molecule has 0 saturated carbocycles. The maximum absolute atomic E-state index is 13.8. The zero-order valence-electron chi connectivity index (χ0n) is 19.8. The minimum Gasteiger partial charge on any atom is -0.501 e. The largest absolute Gasteiger partial charge is 0.501 e. The van der Waals surface area contributed by atoms with Crippen LogP contribution in [-0.2, 0) is 4.74 Å². The van der Waals surface area contributed by atoms with Crippen molar-refractivity contribution in [3.63, 3.8) is 0 Å². The van der Waals surface area contributed by atoms with Crippen molar-refractivity contribution in [3.8, 4) is 22.8 Å². The van der Waals surface area contributed by atoms with E-state index in [1.807, 2.05) is 72.8 Å². The molecule has 0 atom stereocenters. The highest BCUT2D eigenvalue weighted by molar-refractivity contribution is 6.30. The van der Waals surface area contributed by atoms with Gasteiger partial charge in [-0.15, -0.1) is 0 Å². The summed E-state index contributed by atoms with van der Waals surface area (Å²) in [5.41, 5.74) is 3.60. The van der Waals surface area contributed by atoms with Crippen LogP contribution in [0, 0.1) is 0 Å².